The van der Waals surface area contributed by atoms with E-state index >= 15 is 0 Å². The SMILES string of the molecule is CC1=C(C)C(C)N(C)C(C)=C1C. The zero-order valence-corrected chi connectivity index (χ0v) is 9.02. The molecule has 0 bridgehead atoms. The van der Waals surface area contributed by atoms with E-state index < -0.39 is 0 Å². The van der Waals surface area contributed by atoms with Crippen LogP contribution in [0.3, 0.4) is 0 Å². The van der Waals surface area contributed by atoms with Gasteiger partial charge in [-0.1, -0.05) is 0 Å². The molecule has 0 saturated heterocycles. The van der Waals surface area contributed by atoms with Crippen LogP contribution in [0.5, 0.6) is 0 Å². The van der Waals surface area contributed by atoms with Crippen molar-refractivity contribution in [2.24, 2.45) is 0 Å². The largest absolute Gasteiger partial charge is 0.371 e. The van der Waals surface area contributed by atoms with Gasteiger partial charge in [0.15, 0.2) is 0 Å². The first kappa shape index (κ1) is 9.37. The second kappa shape index (κ2) is 2.96. The van der Waals surface area contributed by atoms with E-state index in [-0.39, 0.29) is 0 Å². The van der Waals surface area contributed by atoms with Crippen LogP contribution in [0.25, 0.3) is 0 Å². The molecule has 0 aromatic heterocycles. The average Bonchev–Trinajstić information content (AvgIpc) is 2.08. The molecule has 1 atom stereocenters. The Hall–Kier alpha value is -0.720. The van der Waals surface area contributed by atoms with Crippen molar-refractivity contribution in [2.75, 3.05) is 7.05 Å². The third kappa shape index (κ3) is 1.17. The van der Waals surface area contributed by atoms with Gasteiger partial charge in [0, 0.05) is 18.8 Å². The van der Waals surface area contributed by atoms with Crippen molar-refractivity contribution in [1.82, 2.24) is 4.90 Å². The molecule has 1 heterocycles. The van der Waals surface area contributed by atoms with Crippen LogP contribution in [0.4, 0.5) is 0 Å². The molecule has 1 heteroatoms. The summed E-state index contributed by atoms with van der Waals surface area (Å²) in [4.78, 5) is 2.34. The fourth-order valence-electron chi connectivity index (χ4n) is 1.73. The number of nitrogens with zero attached hydrogens (tertiary/aromatic N) is 1. The van der Waals surface area contributed by atoms with Gasteiger partial charge < -0.3 is 4.90 Å². The Balaban J connectivity index is 3.18. The summed E-state index contributed by atoms with van der Waals surface area (Å²) in [6.07, 6.45) is 0. The molecule has 0 aliphatic carbocycles. The molecule has 1 rings (SSSR count). The van der Waals surface area contributed by atoms with Gasteiger partial charge in [-0.25, -0.2) is 0 Å². The predicted octanol–water partition coefficient (Wildman–Crippen LogP) is 2.95. The van der Waals surface area contributed by atoms with Crippen LogP contribution in [0.2, 0.25) is 0 Å². The predicted molar refractivity (Wildman–Crippen MR) is 54.0 cm³/mol. The highest BCUT2D eigenvalue weighted by Gasteiger charge is 2.20. The molecular formula is C11H19N. The van der Waals surface area contributed by atoms with Gasteiger partial charge in [-0.2, -0.15) is 0 Å². The molecule has 1 nitrogen and oxygen atoms in total. The molecule has 0 saturated carbocycles. The van der Waals surface area contributed by atoms with E-state index in [0.29, 0.717) is 6.04 Å². The highest BCUT2D eigenvalue weighted by atomic mass is 15.1. The van der Waals surface area contributed by atoms with Crippen LogP contribution in [0.1, 0.15) is 34.6 Å². The van der Waals surface area contributed by atoms with E-state index in [1.165, 1.54) is 22.4 Å². The number of likely N-dealkylation sites (N-methyl/N-ethyl adjacent to an activating group) is 1. The lowest BCUT2D eigenvalue weighted by Gasteiger charge is -2.35. The van der Waals surface area contributed by atoms with E-state index in [0.717, 1.165) is 0 Å². The first-order valence-electron chi connectivity index (χ1n) is 4.55. The van der Waals surface area contributed by atoms with Gasteiger partial charge in [0.05, 0.1) is 0 Å². The lowest BCUT2D eigenvalue weighted by molar-refractivity contribution is 0.347. The first-order valence-corrected chi connectivity index (χ1v) is 4.55. The minimum absolute atomic E-state index is 0.564. The zero-order valence-electron chi connectivity index (χ0n) is 9.02. The molecule has 12 heavy (non-hydrogen) atoms. The standard InChI is InChI=1S/C11H19N/c1-7-8(2)10(4)12(6)11(5)9(7)3/h10H,1-6H3. The topological polar surface area (TPSA) is 3.24 Å². The van der Waals surface area contributed by atoms with E-state index in [4.69, 9.17) is 0 Å². The smallest absolute Gasteiger partial charge is 0.0470 e. The second-order valence-electron chi connectivity index (χ2n) is 3.81. The summed E-state index contributed by atoms with van der Waals surface area (Å²) in [6.45, 7) is 11.1. The van der Waals surface area contributed by atoms with Crippen LogP contribution >= 0.6 is 0 Å². The molecule has 0 aromatic carbocycles. The van der Waals surface area contributed by atoms with Gasteiger partial charge >= 0.3 is 0 Å². The van der Waals surface area contributed by atoms with Crippen molar-refractivity contribution in [1.29, 1.82) is 0 Å². The molecule has 0 aromatic rings. The lowest BCUT2D eigenvalue weighted by atomic mass is 9.92. The van der Waals surface area contributed by atoms with E-state index in [2.05, 4.69) is 46.6 Å². The Morgan fingerprint density at radius 2 is 1.50 bits per heavy atom. The number of rotatable bonds is 0. The maximum absolute atomic E-state index is 2.34. The molecular weight excluding hydrogens is 146 g/mol. The van der Waals surface area contributed by atoms with Crippen molar-refractivity contribution in [2.45, 2.75) is 40.7 Å². The van der Waals surface area contributed by atoms with Crippen molar-refractivity contribution in [3.05, 3.63) is 22.4 Å². The van der Waals surface area contributed by atoms with Gasteiger partial charge in [-0.15, -0.1) is 0 Å². The molecule has 1 unspecified atom stereocenters. The number of hydrogen-bond acceptors (Lipinski definition) is 1. The summed E-state index contributed by atoms with van der Waals surface area (Å²) in [6, 6.07) is 0.564. The second-order valence-corrected chi connectivity index (χ2v) is 3.81. The van der Waals surface area contributed by atoms with Crippen LogP contribution < -0.4 is 0 Å². The molecule has 0 spiro atoms. The Labute approximate surface area is 75.8 Å². The normalized spacial score (nSPS) is 25.5. The Morgan fingerprint density at radius 3 is 2.00 bits per heavy atom. The highest BCUT2D eigenvalue weighted by Crippen LogP contribution is 2.29. The minimum Gasteiger partial charge on any atom is -0.371 e. The van der Waals surface area contributed by atoms with Crippen LogP contribution in [-0.4, -0.2) is 18.0 Å². The highest BCUT2D eigenvalue weighted by molar-refractivity contribution is 5.40. The third-order valence-electron chi connectivity index (χ3n) is 3.43. The third-order valence-corrected chi connectivity index (χ3v) is 3.43. The van der Waals surface area contributed by atoms with E-state index in [1.54, 1.807) is 0 Å². The summed E-state index contributed by atoms with van der Waals surface area (Å²) in [7, 11) is 2.17. The Kier molecular flexibility index (Phi) is 2.31. The summed E-state index contributed by atoms with van der Waals surface area (Å²) < 4.78 is 0. The van der Waals surface area contributed by atoms with E-state index in [9.17, 15) is 0 Å². The first-order chi connectivity index (χ1) is 5.46. The Morgan fingerprint density at radius 1 is 1.00 bits per heavy atom. The summed E-state index contributed by atoms with van der Waals surface area (Å²) >= 11 is 0. The van der Waals surface area contributed by atoms with Gasteiger partial charge in [0.25, 0.3) is 0 Å². The van der Waals surface area contributed by atoms with Crippen molar-refractivity contribution in [3.8, 4) is 0 Å². The van der Waals surface area contributed by atoms with Crippen LogP contribution in [-0.2, 0) is 0 Å². The maximum Gasteiger partial charge on any atom is 0.0470 e. The van der Waals surface area contributed by atoms with Crippen LogP contribution in [0, 0.1) is 0 Å². The molecule has 1 aliphatic rings. The summed E-state index contributed by atoms with van der Waals surface area (Å²) in [5, 5.41) is 0. The fraction of sp³-hybridized carbons (Fsp3) is 0.636. The molecule has 68 valence electrons. The summed E-state index contributed by atoms with van der Waals surface area (Å²) in [5.41, 5.74) is 5.82. The minimum atomic E-state index is 0.564. The van der Waals surface area contributed by atoms with Crippen LogP contribution in [0.15, 0.2) is 22.4 Å². The molecule has 1 aliphatic heterocycles. The van der Waals surface area contributed by atoms with Gasteiger partial charge in [0.2, 0.25) is 0 Å². The lowest BCUT2D eigenvalue weighted by Crippen LogP contribution is -2.32. The van der Waals surface area contributed by atoms with E-state index in [1.807, 2.05) is 0 Å². The monoisotopic (exact) mass is 165 g/mol. The van der Waals surface area contributed by atoms with Gasteiger partial charge in [-0.05, 0) is 51.3 Å². The summed E-state index contributed by atoms with van der Waals surface area (Å²) in [5.74, 6) is 0. The van der Waals surface area contributed by atoms with Gasteiger partial charge in [-0.3, -0.25) is 0 Å². The maximum atomic E-state index is 2.34. The van der Waals surface area contributed by atoms with Gasteiger partial charge in [0.1, 0.15) is 0 Å². The average molecular weight is 165 g/mol. The molecule has 0 N–H and O–H groups in total. The number of allylic oxidation sites excluding steroid dienone is 3. The molecule has 0 amide bonds. The number of hydrogen-bond donors (Lipinski definition) is 0. The fourth-order valence-corrected chi connectivity index (χ4v) is 1.73. The van der Waals surface area contributed by atoms with Crippen molar-refractivity contribution >= 4 is 0 Å². The molecule has 0 radical (unpaired) electrons. The van der Waals surface area contributed by atoms with Crippen molar-refractivity contribution in [3.63, 3.8) is 0 Å². The Bertz CT molecular complexity index is 230. The molecule has 0 fully saturated rings. The quantitative estimate of drug-likeness (QED) is 0.533. The zero-order chi connectivity index (χ0) is 9.46. The van der Waals surface area contributed by atoms with Crippen molar-refractivity contribution < 1.29 is 0 Å².